The summed E-state index contributed by atoms with van der Waals surface area (Å²) in [4.78, 5) is 0. The highest BCUT2D eigenvalue weighted by atomic mass is 16.5. The Bertz CT molecular complexity index is 143. The topological polar surface area (TPSA) is 21.3 Å². The van der Waals surface area contributed by atoms with Crippen molar-refractivity contribution in [2.45, 2.75) is 70.9 Å². The van der Waals surface area contributed by atoms with Crippen molar-refractivity contribution in [2.24, 2.45) is 0 Å². The summed E-state index contributed by atoms with van der Waals surface area (Å²) >= 11 is 0. The first kappa shape index (κ1) is 13.0. The third-order valence-corrected chi connectivity index (χ3v) is 3.21. The molecule has 0 aromatic heterocycles. The summed E-state index contributed by atoms with van der Waals surface area (Å²) in [5, 5.41) is 3.61. The monoisotopic (exact) mass is 213 g/mol. The molecule has 0 aromatic carbocycles. The molecule has 0 bridgehead atoms. The molecular weight excluding hydrogens is 186 g/mol. The lowest BCUT2D eigenvalue weighted by atomic mass is 10.2. The Balaban J connectivity index is 1.84. The van der Waals surface area contributed by atoms with Gasteiger partial charge in [-0.1, -0.05) is 26.2 Å². The lowest BCUT2D eigenvalue weighted by Gasteiger charge is -2.14. The zero-order chi connectivity index (χ0) is 10.9. The Morgan fingerprint density at radius 1 is 1.33 bits per heavy atom. The molecule has 15 heavy (non-hydrogen) atoms. The average Bonchev–Trinajstić information content (AvgIpc) is 2.70. The quantitative estimate of drug-likeness (QED) is 0.626. The minimum atomic E-state index is 0.446. The van der Waals surface area contributed by atoms with Gasteiger partial charge in [-0.15, -0.1) is 0 Å². The van der Waals surface area contributed by atoms with Gasteiger partial charge in [0.25, 0.3) is 0 Å². The summed E-state index contributed by atoms with van der Waals surface area (Å²) in [6.07, 6.45) is 9.62. The minimum absolute atomic E-state index is 0.446. The highest BCUT2D eigenvalue weighted by Gasteiger charge is 2.13. The molecule has 2 nitrogen and oxygen atoms in total. The van der Waals surface area contributed by atoms with Gasteiger partial charge in [-0.25, -0.2) is 0 Å². The van der Waals surface area contributed by atoms with Crippen LogP contribution in [-0.4, -0.2) is 25.3 Å². The largest absolute Gasteiger partial charge is 0.378 e. The molecular formula is C13H27NO. The van der Waals surface area contributed by atoms with Crippen molar-refractivity contribution in [3.8, 4) is 0 Å². The van der Waals surface area contributed by atoms with E-state index in [-0.39, 0.29) is 0 Å². The molecule has 1 aliphatic rings. The highest BCUT2D eigenvalue weighted by Crippen LogP contribution is 2.17. The lowest BCUT2D eigenvalue weighted by molar-refractivity contribution is 0.0580. The fourth-order valence-electron chi connectivity index (χ4n) is 2.28. The van der Waals surface area contributed by atoms with Gasteiger partial charge in [0, 0.05) is 12.6 Å². The number of rotatable bonds is 8. The molecule has 1 saturated carbocycles. The summed E-state index contributed by atoms with van der Waals surface area (Å²) in [7, 11) is 0. The van der Waals surface area contributed by atoms with E-state index < -0.39 is 0 Å². The van der Waals surface area contributed by atoms with E-state index in [2.05, 4.69) is 19.2 Å². The van der Waals surface area contributed by atoms with Gasteiger partial charge in [0.05, 0.1) is 6.10 Å². The first-order valence-electron chi connectivity index (χ1n) is 6.68. The van der Waals surface area contributed by atoms with Crippen LogP contribution in [0.3, 0.4) is 0 Å². The number of hydrogen-bond donors (Lipinski definition) is 1. The van der Waals surface area contributed by atoms with Crippen LogP contribution in [0.25, 0.3) is 0 Å². The molecule has 0 amide bonds. The van der Waals surface area contributed by atoms with Gasteiger partial charge < -0.3 is 10.1 Å². The Labute approximate surface area is 94.8 Å². The molecule has 0 radical (unpaired) electrons. The van der Waals surface area contributed by atoms with Crippen molar-refractivity contribution >= 4 is 0 Å². The zero-order valence-corrected chi connectivity index (χ0v) is 10.4. The number of ether oxygens (including phenoxy) is 1. The van der Waals surface area contributed by atoms with Crippen molar-refractivity contribution in [2.75, 3.05) is 13.2 Å². The van der Waals surface area contributed by atoms with Crippen LogP contribution < -0.4 is 5.32 Å². The van der Waals surface area contributed by atoms with Crippen LogP contribution in [0, 0.1) is 0 Å². The Morgan fingerprint density at radius 3 is 2.73 bits per heavy atom. The predicted molar refractivity (Wildman–Crippen MR) is 65.2 cm³/mol. The standard InChI is InChI=1S/C13H27NO/c1-3-7-12(2)15-11-6-10-14-13-8-4-5-9-13/h12-14H,3-11H2,1-2H3. The molecule has 1 N–H and O–H groups in total. The maximum absolute atomic E-state index is 5.71. The van der Waals surface area contributed by atoms with Gasteiger partial charge in [-0.05, 0) is 39.2 Å². The van der Waals surface area contributed by atoms with Gasteiger partial charge >= 0.3 is 0 Å². The SMILES string of the molecule is CCCC(C)OCCCNC1CCCC1. The molecule has 1 fully saturated rings. The number of hydrogen-bond acceptors (Lipinski definition) is 2. The smallest absolute Gasteiger partial charge is 0.0546 e. The first-order chi connectivity index (χ1) is 7.33. The normalized spacial score (nSPS) is 19.6. The maximum Gasteiger partial charge on any atom is 0.0546 e. The van der Waals surface area contributed by atoms with E-state index in [1.165, 1.54) is 38.5 Å². The molecule has 0 heterocycles. The molecule has 90 valence electrons. The average molecular weight is 213 g/mol. The van der Waals surface area contributed by atoms with E-state index >= 15 is 0 Å². The summed E-state index contributed by atoms with van der Waals surface area (Å²) in [5.41, 5.74) is 0. The van der Waals surface area contributed by atoms with E-state index in [9.17, 15) is 0 Å². The van der Waals surface area contributed by atoms with Crippen LogP contribution in [0.5, 0.6) is 0 Å². The van der Waals surface area contributed by atoms with Gasteiger partial charge in [0.2, 0.25) is 0 Å². The molecule has 0 aliphatic heterocycles. The van der Waals surface area contributed by atoms with Crippen molar-refractivity contribution in [3.05, 3.63) is 0 Å². The van der Waals surface area contributed by atoms with E-state index in [1.807, 2.05) is 0 Å². The zero-order valence-electron chi connectivity index (χ0n) is 10.4. The number of nitrogens with one attached hydrogen (secondary N) is 1. The van der Waals surface area contributed by atoms with E-state index in [1.54, 1.807) is 0 Å². The predicted octanol–water partition coefficient (Wildman–Crippen LogP) is 3.11. The summed E-state index contributed by atoms with van der Waals surface area (Å²) in [6.45, 7) is 6.43. The lowest BCUT2D eigenvalue weighted by Crippen LogP contribution is -2.27. The van der Waals surface area contributed by atoms with Gasteiger partial charge in [-0.2, -0.15) is 0 Å². The van der Waals surface area contributed by atoms with Gasteiger partial charge in [0.1, 0.15) is 0 Å². The van der Waals surface area contributed by atoms with Gasteiger partial charge in [-0.3, -0.25) is 0 Å². The second-order valence-corrected chi connectivity index (χ2v) is 4.76. The van der Waals surface area contributed by atoms with E-state index in [0.29, 0.717) is 6.10 Å². The second kappa shape index (κ2) is 8.12. The fourth-order valence-corrected chi connectivity index (χ4v) is 2.28. The van der Waals surface area contributed by atoms with Crippen molar-refractivity contribution < 1.29 is 4.74 Å². The van der Waals surface area contributed by atoms with Crippen LogP contribution in [-0.2, 0) is 4.74 Å². The van der Waals surface area contributed by atoms with Crippen LogP contribution in [0.15, 0.2) is 0 Å². The van der Waals surface area contributed by atoms with Crippen LogP contribution in [0.4, 0.5) is 0 Å². The highest BCUT2D eigenvalue weighted by molar-refractivity contribution is 4.73. The van der Waals surface area contributed by atoms with E-state index in [0.717, 1.165) is 25.6 Å². The third kappa shape index (κ3) is 6.16. The van der Waals surface area contributed by atoms with Crippen LogP contribution in [0.2, 0.25) is 0 Å². The Kier molecular flexibility index (Phi) is 7.03. The first-order valence-corrected chi connectivity index (χ1v) is 6.68. The molecule has 1 rings (SSSR count). The maximum atomic E-state index is 5.71. The fraction of sp³-hybridized carbons (Fsp3) is 1.00. The molecule has 0 spiro atoms. The second-order valence-electron chi connectivity index (χ2n) is 4.76. The minimum Gasteiger partial charge on any atom is -0.378 e. The van der Waals surface area contributed by atoms with Crippen molar-refractivity contribution in [3.63, 3.8) is 0 Å². The van der Waals surface area contributed by atoms with Gasteiger partial charge in [0.15, 0.2) is 0 Å². The van der Waals surface area contributed by atoms with Crippen molar-refractivity contribution in [1.29, 1.82) is 0 Å². The van der Waals surface area contributed by atoms with Crippen LogP contribution in [0.1, 0.15) is 58.8 Å². The molecule has 2 heteroatoms. The third-order valence-electron chi connectivity index (χ3n) is 3.21. The Morgan fingerprint density at radius 2 is 2.07 bits per heavy atom. The molecule has 1 aliphatic carbocycles. The summed E-state index contributed by atoms with van der Waals surface area (Å²) < 4.78 is 5.71. The molecule has 1 atom stereocenters. The van der Waals surface area contributed by atoms with Crippen LogP contribution >= 0.6 is 0 Å². The summed E-state index contributed by atoms with van der Waals surface area (Å²) in [6, 6.07) is 0.804. The molecule has 0 saturated heterocycles. The van der Waals surface area contributed by atoms with E-state index in [4.69, 9.17) is 4.74 Å². The summed E-state index contributed by atoms with van der Waals surface area (Å²) in [5.74, 6) is 0. The molecule has 1 unspecified atom stereocenters. The van der Waals surface area contributed by atoms with Crippen molar-refractivity contribution in [1.82, 2.24) is 5.32 Å². The Hall–Kier alpha value is -0.0800. The molecule has 0 aromatic rings.